The van der Waals surface area contributed by atoms with Gasteiger partial charge >= 0.3 is 5.97 Å². The second kappa shape index (κ2) is 7.37. The summed E-state index contributed by atoms with van der Waals surface area (Å²) in [6, 6.07) is 7.87. The van der Waals surface area contributed by atoms with Crippen molar-refractivity contribution in [1.29, 1.82) is 0 Å². The minimum atomic E-state index is -0.835. The number of amides is 1. The number of morpholine rings is 1. The number of carboxylic acids is 1. The Morgan fingerprint density at radius 1 is 1.15 bits per heavy atom. The van der Waals surface area contributed by atoms with Crippen molar-refractivity contribution >= 4 is 11.9 Å². The van der Waals surface area contributed by atoms with Crippen LogP contribution >= 0.6 is 0 Å². The number of ether oxygens (including phenoxy) is 1. The molecule has 0 unspecified atom stereocenters. The Bertz CT molecular complexity index is 682. The molecule has 0 spiro atoms. The Kier molecular flexibility index (Phi) is 5.34. The van der Waals surface area contributed by atoms with Crippen LogP contribution in [-0.4, -0.2) is 71.7 Å². The molecule has 0 bridgehead atoms. The van der Waals surface area contributed by atoms with Crippen LogP contribution in [0.2, 0.25) is 0 Å². The zero-order chi connectivity index (χ0) is 18.9. The summed E-state index contributed by atoms with van der Waals surface area (Å²) < 4.78 is 5.39. The Balaban J connectivity index is 1.82. The molecule has 2 aliphatic heterocycles. The van der Waals surface area contributed by atoms with Crippen LogP contribution in [0.25, 0.3) is 0 Å². The van der Waals surface area contributed by atoms with Gasteiger partial charge < -0.3 is 14.7 Å². The highest BCUT2D eigenvalue weighted by Crippen LogP contribution is 2.36. The van der Waals surface area contributed by atoms with E-state index in [1.54, 1.807) is 4.90 Å². The average molecular weight is 360 g/mol. The molecule has 1 aromatic rings. The van der Waals surface area contributed by atoms with E-state index in [1.165, 1.54) is 0 Å². The number of aryl methyl sites for hydroxylation is 1. The van der Waals surface area contributed by atoms with Crippen molar-refractivity contribution < 1.29 is 19.4 Å². The van der Waals surface area contributed by atoms with Gasteiger partial charge in [-0.1, -0.05) is 24.3 Å². The van der Waals surface area contributed by atoms with Crippen molar-refractivity contribution in [3.63, 3.8) is 0 Å². The number of hydrogen-bond acceptors (Lipinski definition) is 4. The maximum Gasteiger partial charge on any atom is 0.308 e. The van der Waals surface area contributed by atoms with Gasteiger partial charge in [0.1, 0.15) is 0 Å². The molecule has 2 heterocycles. The van der Waals surface area contributed by atoms with E-state index in [2.05, 4.69) is 4.90 Å². The van der Waals surface area contributed by atoms with Crippen molar-refractivity contribution in [2.75, 3.05) is 39.4 Å². The molecule has 0 aromatic heterocycles. The number of carboxylic acid groups (broad SMARTS) is 1. The summed E-state index contributed by atoms with van der Waals surface area (Å²) in [6.07, 6.45) is 0. The first-order valence-corrected chi connectivity index (χ1v) is 9.23. The molecule has 1 amide bonds. The summed E-state index contributed by atoms with van der Waals surface area (Å²) in [7, 11) is 0. The summed E-state index contributed by atoms with van der Waals surface area (Å²) in [5, 5.41) is 9.72. The smallest absolute Gasteiger partial charge is 0.308 e. The topological polar surface area (TPSA) is 70.1 Å². The third kappa shape index (κ3) is 3.48. The zero-order valence-corrected chi connectivity index (χ0v) is 15.8. The van der Waals surface area contributed by atoms with Crippen LogP contribution in [0.5, 0.6) is 0 Å². The number of likely N-dealkylation sites (tertiary alicyclic amines) is 1. The minimum Gasteiger partial charge on any atom is -0.481 e. The maximum atomic E-state index is 13.2. The van der Waals surface area contributed by atoms with Crippen LogP contribution in [0.3, 0.4) is 0 Å². The zero-order valence-electron chi connectivity index (χ0n) is 15.8. The normalized spacial score (nSPS) is 24.7. The van der Waals surface area contributed by atoms with Crippen LogP contribution in [0.1, 0.15) is 30.9 Å². The molecule has 1 aromatic carbocycles. The Hall–Kier alpha value is -1.92. The molecule has 2 saturated heterocycles. The van der Waals surface area contributed by atoms with Crippen molar-refractivity contribution in [2.45, 2.75) is 32.2 Å². The molecule has 0 saturated carbocycles. The predicted molar refractivity (Wildman–Crippen MR) is 98.1 cm³/mol. The monoisotopic (exact) mass is 360 g/mol. The maximum absolute atomic E-state index is 13.2. The van der Waals surface area contributed by atoms with Gasteiger partial charge in [0, 0.05) is 32.1 Å². The van der Waals surface area contributed by atoms with Crippen LogP contribution in [0.15, 0.2) is 24.3 Å². The van der Waals surface area contributed by atoms with Gasteiger partial charge in [-0.25, -0.2) is 0 Å². The highest BCUT2D eigenvalue weighted by Gasteiger charge is 2.46. The Morgan fingerprint density at radius 3 is 2.42 bits per heavy atom. The Labute approximate surface area is 154 Å². The van der Waals surface area contributed by atoms with Crippen LogP contribution < -0.4 is 0 Å². The molecule has 2 atom stereocenters. The highest BCUT2D eigenvalue weighted by atomic mass is 16.5. The number of aliphatic carboxylic acids is 1. The van der Waals surface area contributed by atoms with E-state index >= 15 is 0 Å². The largest absolute Gasteiger partial charge is 0.481 e. The molecule has 6 nitrogen and oxygen atoms in total. The van der Waals surface area contributed by atoms with E-state index in [9.17, 15) is 14.7 Å². The standard InChI is InChI=1S/C20H28N2O4/c1-14-6-4-5-7-15(14)16-12-21(13-17(16)18(23)24)19(25)20(2,3)22-8-10-26-11-9-22/h4-7,16-17H,8-13H2,1-3H3,(H,23,24)/t16-,17+/m0/s1. The molecule has 26 heavy (non-hydrogen) atoms. The van der Waals surface area contributed by atoms with Gasteiger partial charge in [-0.05, 0) is 31.9 Å². The summed E-state index contributed by atoms with van der Waals surface area (Å²) in [5.41, 5.74) is 1.44. The van der Waals surface area contributed by atoms with Gasteiger partial charge in [0.05, 0.1) is 24.7 Å². The second-order valence-corrected chi connectivity index (χ2v) is 7.78. The average Bonchev–Trinajstić information content (AvgIpc) is 3.07. The fourth-order valence-electron chi connectivity index (χ4n) is 4.18. The summed E-state index contributed by atoms with van der Waals surface area (Å²) in [4.78, 5) is 29.0. The van der Waals surface area contributed by atoms with E-state index in [1.807, 2.05) is 45.0 Å². The van der Waals surface area contributed by atoms with Gasteiger partial charge in [-0.3, -0.25) is 14.5 Å². The lowest BCUT2D eigenvalue weighted by atomic mass is 9.86. The lowest BCUT2D eigenvalue weighted by molar-refractivity contribution is -0.145. The van der Waals surface area contributed by atoms with Gasteiger partial charge in [-0.15, -0.1) is 0 Å². The van der Waals surface area contributed by atoms with Gasteiger partial charge in [0.15, 0.2) is 0 Å². The molecule has 2 aliphatic rings. The van der Waals surface area contributed by atoms with Crippen LogP contribution in [0, 0.1) is 12.8 Å². The van der Waals surface area contributed by atoms with Crippen molar-refractivity contribution in [3.05, 3.63) is 35.4 Å². The van der Waals surface area contributed by atoms with E-state index in [0.29, 0.717) is 19.8 Å². The first-order valence-electron chi connectivity index (χ1n) is 9.23. The van der Waals surface area contributed by atoms with Crippen molar-refractivity contribution in [1.82, 2.24) is 9.80 Å². The summed E-state index contributed by atoms with van der Waals surface area (Å²) >= 11 is 0. The third-order valence-electron chi connectivity index (χ3n) is 5.84. The molecule has 0 radical (unpaired) electrons. The number of carbonyl (C=O) groups excluding carboxylic acids is 1. The quantitative estimate of drug-likeness (QED) is 0.886. The summed E-state index contributed by atoms with van der Waals surface area (Å²) in [6.45, 7) is 9.26. The van der Waals surface area contributed by atoms with E-state index < -0.39 is 17.4 Å². The lowest BCUT2D eigenvalue weighted by Gasteiger charge is -2.41. The molecular formula is C20H28N2O4. The molecule has 0 aliphatic carbocycles. The number of hydrogen-bond donors (Lipinski definition) is 1. The first-order chi connectivity index (χ1) is 12.3. The highest BCUT2D eigenvalue weighted by molar-refractivity contribution is 5.87. The molecule has 6 heteroatoms. The summed E-state index contributed by atoms with van der Waals surface area (Å²) in [5.74, 6) is -1.57. The van der Waals surface area contributed by atoms with Gasteiger partial charge in [-0.2, -0.15) is 0 Å². The number of rotatable bonds is 4. The van der Waals surface area contributed by atoms with E-state index in [-0.39, 0.29) is 18.4 Å². The molecule has 3 rings (SSSR count). The second-order valence-electron chi connectivity index (χ2n) is 7.78. The van der Waals surface area contributed by atoms with E-state index in [0.717, 1.165) is 24.2 Å². The fraction of sp³-hybridized carbons (Fsp3) is 0.600. The molecule has 142 valence electrons. The SMILES string of the molecule is Cc1ccccc1[C@@H]1CN(C(=O)C(C)(C)N2CCOCC2)C[C@H]1C(=O)O. The third-order valence-corrected chi connectivity index (χ3v) is 5.84. The van der Waals surface area contributed by atoms with E-state index in [4.69, 9.17) is 4.74 Å². The fourth-order valence-corrected chi connectivity index (χ4v) is 4.18. The van der Waals surface area contributed by atoms with Crippen LogP contribution in [0.4, 0.5) is 0 Å². The van der Waals surface area contributed by atoms with Gasteiger partial charge in [0.2, 0.25) is 5.91 Å². The number of carbonyl (C=O) groups is 2. The number of nitrogens with zero attached hydrogens (tertiary/aromatic N) is 2. The predicted octanol–water partition coefficient (Wildman–Crippen LogP) is 1.73. The van der Waals surface area contributed by atoms with Crippen molar-refractivity contribution in [2.24, 2.45) is 5.92 Å². The van der Waals surface area contributed by atoms with Crippen molar-refractivity contribution in [3.8, 4) is 0 Å². The Morgan fingerprint density at radius 2 is 1.81 bits per heavy atom. The first kappa shape index (κ1) is 18.9. The van der Waals surface area contributed by atoms with Gasteiger partial charge in [0.25, 0.3) is 0 Å². The number of benzene rings is 1. The minimum absolute atomic E-state index is 0.00161. The lowest BCUT2D eigenvalue weighted by Crippen LogP contribution is -2.58. The molecule has 2 fully saturated rings. The molecule has 1 N–H and O–H groups in total. The molecular weight excluding hydrogens is 332 g/mol. The van der Waals surface area contributed by atoms with Crippen LogP contribution in [-0.2, 0) is 14.3 Å².